The zero-order valence-corrected chi connectivity index (χ0v) is 8.03. The van der Waals surface area contributed by atoms with Crippen molar-refractivity contribution >= 4 is 0 Å². The molecular formula is C11H14NO-. The van der Waals surface area contributed by atoms with E-state index in [0.717, 1.165) is 18.1 Å². The molecule has 0 aromatic heterocycles. The Kier molecular flexibility index (Phi) is 2.13. The third-order valence-corrected chi connectivity index (χ3v) is 2.35. The van der Waals surface area contributed by atoms with Gasteiger partial charge in [-0.2, -0.15) is 0 Å². The summed E-state index contributed by atoms with van der Waals surface area (Å²) in [5.74, 6) is 1.37. The molecule has 1 fully saturated rings. The van der Waals surface area contributed by atoms with Crippen molar-refractivity contribution in [3.05, 3.63) is 41.1 Å². The fourth-order valence-electron chi connectivity index (χ4n) is 1.41. The first-order valence-electron chi connectivity index (χ1n) is 4.70. The van der Waals surface area contributed by atoms with Crippen molar-refractivity contribution < 1.29 is 4.74 Å². The Morgan fingerprint density at radius 3 is 2.62 bits per heavy atom. The van der Waals surface area contributed by atoms with E-state index >= 15 is 0 Å². The van der Waals surface area contributed by atoms with E-state index in [1.165, 1.54) is 0 Å². The average molecular weight is 176 g/mol. The molecule has 0 saturated carbocycles. The Morgan fingerprint density at radius 1 is 1.38 bits per heavy atom. The number of nitrogens with zero attached hydrogens (tertiary/aromatic N) is 1. The molecule has 70 valence electrons. The molecule has 0 amide bonds. The summed E-state index contributed by atoms with van der Waals surface area (Å²) in [5, 5.41) is 4.52. The van der Waals surface area contributed by atoms with Gasteiger partial charge in [0.1, 0.15) is 0 Å². The van der Waals surface area contributed by atoms with Gasteiger partial charge in [-0.3, -0.25) is 0 Å². The van der Waals surface area contributed by atoms with Gasteiger partial charge in [0.2, 0.25) is 0 Å². The molecule has 1 aliphatic heterocycles. The summed E-state index contributed by atoms with van der Waals surface area (Å²) >= 11 is 0. The van der Waals surface area contributed by atoms with Crippen molar-refractivity contribution in [1.82, 2.24) is 0 Å². The fraction of sp³-hybridized carbons (Fsp3) is 0.455. The molecule has 0 spiro atoms. The molecular weight excluding hydrogens is 162 g/mol. The Morgan fingerprint density at radius 2 is 2.08 bits per heavy atom. The normalized spacial score (nSPS) is 25.6. The number of ether oxygens (including phenoxy) is 1. The Balaban J connectivity index is 2.10. The molecule has 0 radical (unpaired) electrons. The van der Waals surface area contributed by atoms with Crippen LogP contribution in [0, 0.1) is 5.92 Å². The van der Waals surface area contributed by atoms with Crippen LogP contribution in [-0.2, 0) is 4.74 Å². The minimum Gasteiger partial charge on any atom is -0.648 e. The number of allylic oxidation sites excluding steroid dienone is 5. The highest BCUT2D eigenvalue weighted by Crippen LogP contribution is 2.31. The SMILES string of the molecule is CC(C)[C@H]1COC(=C2C=CC=C2)[N-]1. The molecule has 0 aromatic rings. The summed E-state index contributed by atoms with van der Waals surface area (Å²) in [5.41, 5.74) is 1.10. The minimum absolute atomic E-state index is 0.338. The molecule has 13 heavy (non-hydrogen) atoms. The van der Waals surface area contributed by atoms with Crippen LogP contribution in [0.4, 0.5) is 0 Å². The van der Waals surface area contributed by atoms with Crippen molar-refractivity contribution in [2.24, 2.45) is 5.92 Å². The van der Waals surface area contributed by atoms with Gasteiger partial charge in [-0.05, 0) is 5.57 Å². The van der Waals surface area contributed by atoms with Crippen LogP contribution < -0.4 is 0 Å². The maximum absolute atomic E-state index is 5.52. The molecule has 1 atom stereocenters. The van der Waals surface area contributed by atoms with Gasteiger partial charge in [-0.1, -0.05) is 50.1 Å². The first kappa shape index (κ1) is 8.42. The maximum atomic E-state index is 5.52. The van der Waals surface area contributed by atoms with E-state index in [-0.39, 0.29) is 0 Å². The summed E-state index contributed by atoms with van der Waals surface area (Å²) in [6.45, 7) is 5.08. The third-order valence-electron chi connectivity index (χ3n) is 2.35. The van der Waals surface area contributed by atoms with E-state index in [9.17, 15) is 0 Å². The maximum Gasteiger partial charge on any atom is 0.0726 e. The zero-order valence-electron chi connectivity index (χ0n) is 8.03. The van der Waals surface area contributed by atoms with Crippen LogP contribution in [-0.4, -0.2) is 12.6 Å². The fourth-order valence-corrected chi connectivity index (χ4v) is 1.41. The molecule has 0 aromatic carbocycles. The largest absolute Gasteiger partial charge is 0.648 e. The number of rotatable bonds is 1. The lowest BCUT2D eigenvalue weighted by atomic mass is 10.1. The average Bonchev–Trinajstić information content (AvgIpc) is 2.75. The summed E-state index contributed by atoms with van der Waals surface area (Å²) < 4.78 is 5.52. The predicted octanol–water partition coefficient (Wildman–Crippen LogP) is 2.75. The molecule has 1 heterocycles. The van der Waals surface area contributed by atoms with Crippen molar-refractivity contribution in [3.8, 4) is 0 Å². The van der Waals surface area contributed by atoms with Crippen LogP contribution in [0.2, 0.25) is 0 Å². The van der Waals surface area contributed by atoms with E-state index < -0.39 is 0 Å². The van der Waals surface area contributed by atoms with Gasteiger partial charge in [-0.25, -0.2) is 0 Å². The van der Waals surface area contributed by atoms with Crippen molar-refractivity contribution in [2.75, 3.05) is 6.61 Å². The first-order chi connectivity index (χ1) is 6.27. The van der Waals surface area contributed by atoms with Gasteiger partial charge in [-0.15, -0.1) is 0 Å². The van der Waals surface area contributed by atoms with Gasteiger partial charge in [0.15, 0.2) is 0 Å². The lowest BCUT2D eigenvalue weighted by Gasteiger charge is -2.25. The van der Waals surface area contributed by atoms with Gasteiger partial charge in [0.05, 0.1) is 6.61 Å². The molecule has 2 rings (SSSR count). The second-order valence-electron chi connectivity index (χ2n) is 3.73. The quantitative estimate of drug-likeness (QED) is 0.602. The van der Waals surface area contributed by atoms with Crippen LogP contribution in [0.5, 0.6) is 0 Å². The van der Waals surface area contributed by atoms with Gasteiger partial charge >= 0.3 is 0 Å². The van der Waals surface area contributed by atoms with Crippen LogP contribution in [0.15, 0.2) is 35.8 Å². The Bertz CT molecular complexity index is 272. The van der Waals surface area contributed by atoms with Gasteiger partial charge < -0.3 is 10.1 Å². The van der Waals surface area contributed by atoms with Crippen molar-refractivity contribution in [1.29, 1.82) is 0 Å². The van der Waals surface area contributed by atoms with E-state index in [4.69, 9.17) is 4.74 Å². The smallest absolute Gasteiger partial charge is 0.0726 e. The molecule has 0 bridgehead atoms. The third kappa shape index (κ3) is 1.62. The molecule has 2 aliphatic rings. The second kappa shape index (κ2) is 3.29. The number of hydrogen-bond acceptors (Lipinski definition) is 1. The van der Waals surface area contributed by atoms with Crippen LogP contribution in [0.3, 0.4) is 0 Å². The lowest BCUT2D eigenvalue weighted by Crippen LogP contribution is -2.12. The van der Waals surface area contributed by atoms with E-state index in [1.807, 2.05) is 24.3 Å². The van der Waals surface area contributed by atoms with Gasteiger partial charge in [0.25, 0.3) is 0 Å². The highest BCUT2D eigenvalue weighted by Gasteiger charge is 2.13. The Hall–Kier alpha value is -1.18. The summed E-state index contributed by atoms with van der Waals surface area (Å²) in [6.07, 6.45) is 8.07. The molecule has 0 N–H and O–H groups in total. The minimum atomic E-state index is 0.338. The highest BCUT2D eigenvalue weighted by molar-refractivity contribution is 5.46. The van der Waals surface area contributed by atoms with E-state index in [2.05, 4.69) is 19.2 Å². The van der Waals surface area contributed by atoms with Crippen molar-refractivity contribution in [2.45, 2.75) is 19.9 Å². The van der Waals surface area contributed by atoms with E-state index in [0.29, 0.717) is 12.0 Å². The molecule has 2 heteroatoms. The van der Waals surface area contributed by atoms with Crippen LogP contribution in [0.1, 0.15) is 13.8 Å². The highest BCUT2D eigenvalue weighted by atomic mass is 16.5. The zero-order chi connectivity index (χ0) is 9.26. The lowest BCUT2D eigenvalue weighted by molar-refractivity contribution is 0.243. The topological polar surface area (TPSA) is 23.3 Å². The summed E-state index contributed by atoms with van der Waals surface area (Å²) in [4.78, 5) is 0. The van der Waals surface area contributed by atoms with Crippen LogP contribution in [0.25, 0.3) is 5.32 Å². The summed E-state index contributed by atoms with van der Waals surface area (Å²) in [7, 11) is 0. The summed E-state index contributed by atoms with van der Waals surface area (Å²) in [6, 6.07) is 0.338. The van der Waals surface area contributed by atoms with E-state index in [1.54, 1.807) is 0 Å². The molecule has 2 nitrogen and oxygen atoms in total. The van der Waals surface area contributed by atoms with Crippen LogP contribution >= 0.6 is 0 Å². The standard InChI is InChI=1S/C11H14NO/c1-8(2)10-7-13-11(12-10)9-5-3-4-6-9/h3-6,8,10H,7H2,1-2H3/q-1/t10-/m1/s1. The van der Waals surface area contributed by atoms with Gasteiger partial charge in [0, 0.05) is 5.88 Å². The molecule has 1 saturated heterocycles. The number of hydrogen-bond donors (Lipinski definition) is 0. The molecule has 0 unspecified atom stereocenters. The molecule has 1 aliphatic carbocycles. The predicted molar refractivity (Wildman–Crippen MR) is 53.2 cm³/mol. The second-order valence-corrected chi connectivity index (χ2v) is 3.73. The first-order valence-corrected chi connectivity index (χ1v) is 4.70. The Labute approximate surface area is 79.0 Å². The van der Waals surface area contributed by atoms with Crippen molar-refractivity contribution in [3.63, 3.8) is 0 Å². The monoisotopic (exact) mass is 176 g/mol.